The van der Waals surface area contributed by atoms with E-state index >= 15 is 0 Å². The molecular formula is C11H13BrClNO. The predicted octanol–water partition coefficient (Wildman–Crippen LogP) is 2.65. The minimum absolute atomic E-state index is 0. The number of hydrogen-bond acceptors (Lipinski definition) is 2. The second-order valence-electron chi connectivity index (χ2n) is 3.73. The van der Waals surface area contributed by atoms with Gasteiger partial charge in [-0.2, -0.15) is 0 Å². The van der Waals surface area contributed by atoms with Crippen LogP contribution in [-0.4, -0.2) is 12.3 Å². The minimum atomic E-state index is -0.472. The zero-order valence-corrected chi connectivity index (χ0v) is 10.8. The number of benzene rings is 1. The fourth-order valence-electron chi connectivity index (χ4n) is 1.82. The summed E-state index contributed by atoms with van der Waals surface area (Å²) in [6.45, 7) is 2.73. The Balaban J connectivity index is 0.00000112. The molecule has 1 aromatic carbocycles. The van der Waals surface area contributed by atoms with E-state index in [1.54, 1.807) is 0 Å². The van der Waals surface area contributed by atoms with Gasteiger partial charge in [0.15, 0.2) is 5.78 Å². The van der Waals surface area contributed by atoms with Crippen molar-refractivity contribution in [3.63, 3.8) is 0 Å². The van der Waals surface area contributed by atoms with Crippen LogP contribution in [0.25, 0.3) is 0 Å². The van der Waals surface area contributed by atoms with Crippen LogP contribution in [0.3, 0.4) is 0 Å². The summed E-state index contributed by atoms with van der Waals surface area (Å²) in [6.07, 6.45) is 0.632. The Morgan fingerprint density at radius 3 is 2.40 bits per heavy atom. The maximum absolute atomic E-state index is 11.7. The smallest absolute Gasteiger partial charge is 0.158 e. The maximum Gasteiger partial charge on any atom is 0.158 e. The summed E-state index contributed by atoms with van der Waals surface area (Å²) in [7, 11) is 0. The predicted molar refractivity (Wildman–Crippen MR) is 66.4 cm³/mol. The molecule has 0 aromatic heterocycles. The molecule has 1 aromatic rings. The molecule has 2 nitrogen and oxygen atoms in total. The van der Waals surface area contributed by atoms with Gasteiger partial charge >= 0.3 is 0 Å². The first kappa shape index (κ1) is 12.7. The molecule has 1 aliphatic heterocycles. The molecule has 1 fully saturated rings. The van der Waals surface area contributed by atoms with Crippen LogP contribution in [-0.2, 0) is 10.3 Å². The van der Waals surface area contributed by atoms with E-state index in [-0.39, 0.29) is 18.2 Å². The lowest BCUT2D eigenvalue weighted by Gasteiger charge is -2.23. The van der Waals surface area contributed by atoms with Gasteiger partial charge in [0.1, 0.15) is 5.54 Å². The van der Waals surface area contributed by atoms with Crippen LogP contribution >= 0.6 is 28.3 Å². The van der Waals surface area contributed by atoms with Crippen LogP contribution in [0.4, 0.5) is 0 Å². The van der Waals surface area contributed by atoms with Gasteiger partial charge in [-0.25, -0.2) is 0 Å². The van der Waals surface area contributed by atoms with Crippen molar-refractivity contribution >= 4 is 34.1 Å². The van der Waals surface area contributed by atoms with E-state index in [9.17, 15) is 4.79 Å². The third-order valence-electron chi connectivity index (χ3n) is 2.81. The summed E-state index contributed by atoms with van der Waals surface area (Å²) in [6, 6.07) is 7.91. The summed E-state index contributed by atoms with van der Waals surface area (Å²) < 4.78 is 1.04. The monoisotopic (exact) mass is 289 g/mol. The van der Waals surface area contributed by atoms with Crippen molar-refractivity contribution in [3.05, 3.63) is 34.3 Å². The van der Waals surface area contributed by atoms with Crippen LogP contribution in [0, 0.1) is 0 Å². The molecule has 2 rings (SSSR count). The summed E-state index contributed by atoms with van der Waals surface area (Å²) in [5, 5.41) is 3.25. The lowest BCUT2D eigenvalue weighted by atomic mass is 9.90. The van der Waals surface area contributed by atoms with E-state index in [4.69, 9.17) is 0 Å². The maximum atomic E-state index is 11.7. The molecule has 0 saturated carbocycles. The van der Waals surface area contributed by atoms with Gasteiger partial charge in [-0.1, -0.05) is 28.1 Å². The highest BCUT2D eigenvalue weighted by Crippen LogP contribution is 2.28. The molecular weight excluding hydrogens is 277 g/mol. The van der Waals surface area contributed by atoms with E-state index in [1.165, 1.54) is 0 Å². The molecule has 1 aliphatic rings. The Hall–Kier alpha value is -0.380. The molecule has 1 saturated heterocycles. The van der Waals surface area contributed by atoms with Gasteiger partial charge in [0, 0.05) is 17.4 Å². The Morgan fingerprint density at radius 2 is 1.93 bits per heavy atom. The lowest BCUT2D eigenvalue weighted by molar-refractivity contribution is -0.122. The first-order valence-corrected chi connectivity index (χ1v) is 5.46. The second-order valence-corrected chi connectivity index (χ2v) is 4.65. The zero-order chi connectivity index (χ0) is 10.2. The summed E-state index contributed by atoms with van der Waals surface area (Å²) in [4.78, 5) is 11.7. The Kier molecular flexibility index (Phi) is 3.93. The second kappa shape index (κ2) is 4.64. The number of carbonyl (C=O) groups excluding carboxylic acids is 1. The number of ketones is 1. The normalized spacial score (nSPS) is 25.1. The summed E-state index contributed by atoms with van der Waals surface area (Å²) >= 11 is 3.38. The van der Waals surface area contributed by atoms with Gasteiger partial charge < -0.3 is 5.32 Å². The molecule has 0 amide bonds. The van der Waals surface area contributed by atoms with Crippen LogP contribution in [0.2, 0.25) is 0 Å². The van der Waals surface area contributed by atoms with Gasteiger partial charge in [-0.15, -0.1) is 12.4 Å². The third kappa shape index (κ3) is 2.25. The molecule has 1 atom stereocenters. The molecule has 1 N–H and O–H groups in total. The molecule has 4 heteroatoms. The first-order valence-electron chi connectivity index (χ1n) is 4.67. The van der Waals surface area contributed by atoms with E-state index < -0.39 is 5.54 Å². The highest BCUT2D eigenvalue weighted by atomic mass is 79.9. The molecule has 0 aliphatic carbocycles. The van der Waals surface area contributed by atoms with Gasteiger partial charge in [0.25, 0.3) is 0 Å². The topological polar surface area (TPSA) is 29.1 Å². The van der Waals surface area contributed by atoms with Crippen molar-refractivity contribution in [2.75, 3.05) is 6.54 Å². The van der Waals surface area contributed by atoms with Crippen molar-refractivity contribution in [1.82, 2.24) is 5.32 Å². The highest BCUT2D eigenvalue weighted by Gasteiger charge is 2.38. The molecule has 15 heavy (non-hydrogen) atoms. The molecule has 0 radical (unpaired) electrons. The Bertz CT molecular complexity index is 365. The number of hydrogen-bond donors (Lipinski definition) is 1. The summed E-state index contributed by atoms with van der Waals surface area (Å²) in [5.74, 6) is 0.278. The molecule has 0 spiro atoms. The van der Waals surface area contributed by atoms with Crippen LogP contribution in [0.15, 0.2) is 28.7 Å². The van der Waals surface area contributed by atoms with E-state index in [2.05, 4.69) is 21.2 Å². The van der Waals surface area contributed by atoms with Crippen LogP contribution in [0.5, 0.6) is 0 Å². The SMILES string of the molecule is CC1(c2ccc(Br)cc2)NCCC1=O.Cl. The summed E-state index contributed by atoms with van der Waals surface area (Å²) in [5.41, 5.74) is 0.573. The van der Waals surface area contributed by atoms with Crippen molar-refractivity contribution < 1.29 is 4.79 Å². The largest absolute Gasteiger partial charge is 0.301 e. The van der Waals surface area contributed by atoms with Crippen molar-refractivity contribution in [2.24, 2.45) is 0 Å². The van der Waals surface area contributed by atoms with Crippen LogP contribution in [0.1, 0.15) is 18.9 Å². The average molecular weight is 291 g/mol. The van der Waals surface area contributed by atoms with Gasteiger partial charge in [0.05, 0.1) is 0 Å². The zero-order valence-electron chi connectivity index (χ0n) is 8.42. The van der Waals surface area contributed by atoms with Crippen molar-refractivity contribution in [3.8, 4) is 0 Å². The molecule has 1 unspecified atom stereocenters. The minimum Gasteiger partial charge on any atom is -0.301 e. The number of Topliss-reactive ketones (excluding diaryl/α,β-unsaturated/α-hetero) is 1. The van der Waals surface area contributed by atoms with Crippen LogP contribution < -0.4 is 5.32 Å². The van der Waals surface area contributed by atoms with E-state index in [0.29, 0.717) is 6.42 Å². The molecule has 82 valence electrons. The van der Waals surface area contributed by atoms with Crippen molar-refractivity contribution in [2.45, 2.75) is 18.9 Å². The third-order valence-corrected chi connectivity index (χ3v) is 3.34. The molecule has 1 heterocycles. The Labute approximate surface area is 104 Å². The van der Waals surface area contributed by atoms with E-state index in [1.807, 2.05) is 31.2 Å². The number of rotatable bonds is 1. The molecule has 0 bridgehead atoms. The quantitative estimate of drug-likeness (QED) is 0.861. The van der Waals surface area contributed by atoms with E-state index in [0.717, 1.165) is 16.6 Å². The number of halogens is 2. The average Bonchev–Trinajstić information content (AvgIpc) is 2.49. The highest BCUT2D eigenvalue weighted by molar-refractivity contribution is 9.10. The fourth-order valence-corrected chi connectivity index (χ4v) is 2.09. The number of carbonyl (C=O) groups is 1. The Morgan fingerprint density at radius 1 is 1.33 bits per heavy atom. The number of nitrogens with one attached hydrogen (secondary N) is 1. The fraction of sp³-hybridized carbons (Fsp3) is 0.364. The van der Waals surface area contributed by atoms with Gasteiger partial charge in [-0.05, 0) is 24.6 Å². The first-order chi connectivity index (χ1) is 6.63. The standard InChI is InChI=1S/C11H12BrNO.ClH/c1-11(10(14)6-7-13-11)8-2-4-9(12)5-3-8;/h2-5,13H,6-7H2,1H3;1H. The van der Waals surface area contributed by atoms with Gasteiger partial charge in [0.2, 0.25) is 0 Å². The van der Waals surface area contributed by atoms with Gasteiger partial charge in [-0.3, -0.25) is 4.79 Å². The lowest BCUT2D eigenvalue weighted by Crippen LogP contribution is -2.38. The van der Waals surface area contributed by atoms with Crippen molar-refractivity contribution in [1.29, 1.82) is 0 Å².